The lowest BCUT2D eigenvalue weighted by molar-refractivity contribution is 0.317. The van der Waals surface area contributed by atoms with Gasteiger partial charge in [0.1, 0.15) is 5.75 Å². The van der Waals surface area contributed by atoms with Crippen molar-refractivity contribution in [2.75, 3.05) is 31.6 Å². The van der Waals surface area contributed by atoms with Crippen molar-refractivity contribution < 1.29 is 4.74 Å². The van der Waals surface area contributed by atoms with E-state index in [-0.39, 0.29) is 0 Å². The first-order valence-electron chi connectivity index (χ1n) is 10.5. The van der Waals surface area contributed by atoms with Crippen LogP contribution in [0.15, 0.2) is 59.6 Å². The van der Waals surface area contributed by atoms with Crippen LogP contribution >= 0.6 is 0 Å². The number of allylic oxidation sites excluding steroid dienone is 1. The van der Waals surface area contributed by atoms with Gasteiger partial charge in [0.05, 0.1) is 18.9 Å². The van der Waals surface area contributed by atoms with Crippen LogP contribution in [0.5, 0.6) is 5.75 Å². The molecule has 2 aromatic rings. The van der Waals surface area contributed by atoms with Crippen LogP contribution in [0.1, 0.15) is 52.2 Å². The summed E-state index contributed by atoms with van der Waals surface area (Å²) in [5, 5.41) is 0. The summed E-state index contributed by atoms with van der Waals surface area (Å²) in [6.07, 6.45) is 5.21. The first-order chi connectivity index (χ1) is 13.8. The highest BCUT2D eigenvalue weighted by Gasteiger charge is 2.13. The Hall–Kier alpha value is -2.55. The summed E-state index contributed by atoms with van der Waals surface area (Å²) < 4.78 is 5.84. The standard InChI is InChI=1S/C21H24N2O.2C2H6/c1-3-16-24-21-11-7-4-8-17(21)12-13-19-18-9-5-6-10-20(18)23(2)15-14-22-19;2*1-2/h4-13H,3,14-16H2,1-2H3;2*1-2H3/b13-12+;;. The van der Waals surface area contributed by atoms with E-state index in [0.29, 0.717) is 0 Å². The molecule has 0 aromatic heterocycles. The number of ether oxygens (including phenoxy) is 1. The maximum atomic E-state index is 5.84. The normalized spacial score (nSPS) is 12.6. The van der Waals surface area contributed by atoms with Gasteiger partial charge in [-0.1, -0.05) is 71.0 Å². The van der Waals surface area contributed by atoms with Gasteiger partial charge in [-0.2, -0.15) is 0 Å². The highest BCUT2D eigenvalue weighted by molar-refractivity contribution is 6.14. The van der Waals surface area contributed by atoms with Gasteiger partial charge in [0.2, 0.25) is 0 Å². The van der Waals surface area contributed by atoms with E-state index in [4.69, 9.17) is 9.73 Å². The van der Waals surface area contributed by atoms with E-state index in [0.717, 1.165) is 43.1 Å². The Balaban J connectivity index is 0.000000921. The minimum Gasteiger partial charge on any atom is -0.493 e. The lowest BCUT2D eigenvalue weighted by Crippen LogP contribution is -2.20. The SMILES string of the molecule is CC.CC.CCCOc1ccccc1/C=C/C1=NCCN(C)c2ccccc21. The van der Waals surface area contributed by atoms with E-state index >= 15 is 0 Å². The Kier molecular flexibility index (Phi) is 11.4. The molecular weight excluding hydrogens is 344 g/mol. The smallest absolute Gasteiger partial charge is 0.126 e. The maximum absolute atomic E-state index is 5.84. The monoisotopic (exact) mass is 380 g/mol. The van der Waals surface area contributed by atoms with Gasteiger partial charge in [-0.3, -0.25) is 4.99 Å². The quantitative estimate of drug-likeness (QED) is 0.593. The molecule has 1 aliphatic rings. The number of fused-ring (bicyclic) bond motifs is 1. The molecule has 3 heteroatoms. The second-order valence-electron chi connectivity index (χ2n) is 5.93. The van der Waals surface area contributed by atoms with E-state index in [1.807, 2.05) is 45.9 Å². The minimum absolute atomic E-state index is 0.736. The summed E-state index contributed by atoms with van der Waals surface area (Å²) in [5.74, 6) is 0.926. The number of benzodiazepines with no additional fused rings is 1. The summed E-state index contributed by atoms with van der Waals surface area (Å²) in [4.78, 5) is 7.03. The molecule has 28 heavy (non-hydrogen) atoms. The van der Waals surface area contributed by atoms with Crippen LogP contribution in [0, 0.1) is 0 Å². The summed E-state index contributed by atoms with van der Waals surface area (Å²) >= 11 is 0. The van der Waals surface area contributed by atoms with Crippen molar-refractivity contribution in [2.24, 2.45) is 4.99 Å². The molecule has 0 aliphatic carbocycles. The van der Waals surface area contributed by atoms with E-state index < -0.39 is 0 Å². The third kappa shape index (κ3) is 6.56. The van der Waals surface area contributed by atoms with Crippen LogP contribution in [0.25, 0.3) is 6.08 Å². The van der Waals surface area contributed by atoms with E-state index in [1.165, 1.54) is 11.3 Å². The Labute approximate surface area is 171 Å². The molecule has 0 radical (unpaired) electrons. The van der Waals surface area contributed by atoms with Crippen molar-refractivity contribution in [1.82, 2.24) is 0 Å². The fourth-order valence-electron chi connectivity index (χ4n) is 2.82. The molecule has 0 bridgehead atoms. The average Bonchev–Trinajstić information content (AvgIpc) is 2.93. The Morgan fingerprint density at radius 1 is 0.964 bits per heavy atom. The van der Waals surface area contributed by atoms with Crippen molar-refractivity contribution in [2.45, 2.75) is 41.0 Å². The largest absolute Gasteiger partial charge is 0.493 e. The summed E-state index contributed by atoms with van der Waals surface area (Å²) in [5.41, 5.74) is 4.53. The minimum atomic E-state index is 0.736. The first-order valence-corrected chi connectivity index (χ1v) is 10.5. The van der Waals surface area contributed by atoms with Crippen molar-refractivity contribution in [3.05, 3.63) is 65.7 Å². The zero-order valence-electron chi connectivity index (χ0n) is 18.4. The van der Waals surface area contributed by atoms with E-state index in [9.17, 15) is 0 Å². The van der Waals surface area contributed by atoms with Crippen LogP contribution in [0.2, 0.25) is 0 Å². The van der Waals surface area contributed by atoms with Gasteiger partial charge >= 0.3 is 0 Å². The second kappa shape index (κ2) is 13.6. The van der Waals surface area contributed by atoms with Gasteiger partial charge in [-0.25, -0.2) is 0 Å². The number of aliphatic imine (C=N–C) groups is 1. The third-order valence-electron chi connectivity index (χ3n) is 4.11. The average molecular weight is 381 g/mol. The van der Waals surface area contributed by atoms with Crippen molar-refractivity contribution in [3.8, 4) is 5.75 Å². The molecule has 0 atom stereocenters. The van der Waals surface area contributed by atoms with Crippen LogP contribution in [-0.2, 0) is 0 Å². The topological polar surface area (TPSA) is 24.8 Å². The third-order valence-corrected chi connectivity index (χ3v) is 4.11. The molecule has 0 N–H and O–H groups in total. The molecule has 152 valence electrons. The van der Waals surface area contributed by atoms with Crippen molar-refractivity contribution >= 4 is 17.5 Å². The second-order valence-corrected chi connectivity index (χ2v) is 5.93. The molecule has 0 unspecified atom stereocenters. The van der Waals surface area contributed by atoms with Crippen LogP contribution in [0.4, 0.5) is 5.69 Å². The van der Waals surface area contributed by atoms with Gasteiger partial charge in [-0.15, -0.1) is 0 Å². The highest BCUT2D eigenvalue weighted by Crippen LogP contribution is 2.24. The van der Waals surface area contributed by atoms with Crippen molar-refractivity contribution in [1.29, 1.82) is 0 Å². The predicted octanol–water partition coefficient (Wildman–Crippen LogP) is 6.48. The number of nitrogens with zero attached hydrogens (tertiary/aromatic N) is 2. The number of hydrogen-bond acceptors (Lipinski definition) is 3. The summed E-state index contributed by atoms with van der Waals surface area (Å²) in [6, 6.07) is 16.6. The molecule has 0 fully saturated rings. The van der Waals surface area contributed by atoms with Crippen LogP contribution in [-0.4, -0.2) is 32.5 Å². The molecule has 3 nitrogen and oxygen atoms in total. The fraction of sp³-hybridized carbons (Fsp3) is 0.400. The number of likely N-dealkylation sites (N-methyl/N-ethyl adjacent to an activating group) is 1. The van der Waals surface area contributed by atoms with Gasteiger partial charge in [0.15, 0.2) is 0 Å². The molecule has 1 heterocycles. The Morgan fingerprint density at radius 3 is 2.39 bits per heavy atom. The molecule has 0 amide bonds. The summed E-state index contributed by atoms with van der Waals surface area (Å²) in [6.45, 7) is 12.6. The zero-order chi connectivity index (χ0) is 20.8. The Morgan fingerprint density at radius 2 is 1.64 bits per heavy atom. The van der Waals surface area contributed by atoms with E-state index in [1.54, 1.807) is 0 Å². The number of benzene rings is 2. The first kappa shape index (κ1) is 23.5. The number of para-hydroxylation sites is 2. The van der Waals surface area contributed by atoms with Crippen molar-refractivity contribution in [3.63, 3.8) is 0 Å². The Bertz CT molecular complexity index is 750. The van der Waals surface area contributed by atoms with E-state index in [2.05, 4.69) is 61.4 Å². The molecule has 0 saturated carbocycles. The number of hydrogen-bond donors (Lipinski definition) is 0. The number of anilines is 1. The predicted molar refractivity (Wildman–Crippen MR) is 125 cm³/mol. The van der Waals surface area contributed by atoms with Gasteiger partial charge < -0.3 is 9.64 Å². The molecule has 0 spiro atoms. The van der Waals surface area contributed by atoms with Crippen LogP contribution in [0.3, 0.4) is 0 Å². The lowest BCUT2D eigenvalue weighted by atomic mass is 10.1. The molecular formula is C25H36N2O. The van der Waals surface area contributed by atoms with Gasteiger partial charge in [0, 0.05) is 30.4 Å². The summed E-state index contributed by atoms with van der Waals surface area (Å²) in [7, 11) is 2.12. The molecule has 0 saturated heterocycles. The molecule has 2 aromatic carbocycles. The maximum Gasteiger partial charge on any atom is 0.126 e. The molecule has 1 aliphatic heterocycles. The zero-order valence-corrected chi connectivity index (χ0v) is 18.4. The highest BCUT2D eigenvalue weighted by atomic mass is 16.5. The number of rotatable bonds is 5. The van der Waals surface area contributed by atoms with Crippen LogP contribution < -0.4 is 9.64 Å². The molecule has 3 rings (SSSR count). The lowest BCUT2D eigenvalue weighted by Gasteiger charge is -2.18. The fourth-order valence-corrected chi connectivity index (χ4v) is 2.82. The van der Waals surface area contributed by atoms with Gasteiger partial charge in [-0.05, 0) is 30.7 Å². The van der Waals surface area contributed by atoms with Gasteiger partial charge in [0.25, 0.3) is 0 Å².